The summed E-state index contributed by atoms with van der Waals surface area (Å²) in [6.45, 7) is 10.7. The first kappa shape index (κ1) is 15.1. The van der Waals surface area contributed by atoms with E-state index in [0.29, 0.717) is 12.7 Å². The maximum absolute atomic E-state index is 6.06. The fourth-order valence-electron chi connectivity index (χ4n) is 1.43. The summed E-state index contributed by atoms with van der Waals surface area (Å²) in [4.78, 5) is 0. The van der Waals surface area contributed by atoms with Crippen LogP contribution in [-0.4, -0.2) is 40.8 Å². The van der Waals surface area contributed by atoms with Crippen molar-refractivity contribution < 1.29 is 18.3 Å². The number of ether oxygens (including phenoxy) is 2. The average molecular weight is 262 g/mol. The molecule has 17 heavy (non-hydrogen) atoms. The Kier molecular flexibility index (Phi) is 6.65. The molecule has 3 atom stereocenters. The lowest BCUT2D eigenvalue weighted by molar-refractivity contribution is -0.104. The van der Waals surface area contributed by atoms with E-state index in [2.05, 4.69) is 27.3 Å². The second-order valence-electron chi connectivity index (χ2n) is 4.58. The molecule has 1 rings (SSSR count). The smallest absolute Gasteiger partial charge is 0.336 e. The lowest BCUT2D eigenvalue weighted by Gasteiger charge is -2.30. The molecule has 0 aromatic carbocycles. The van der Waals surface area contributed by atoms with Crippen molar-refractivity contribution in [1.82, 2.24) is 0 Å². The molecule has 5 heteroatoms. The van der Waals surface area contributed by atoms with Crippen molar-refractivity contribution in [3.8, 4) is 0 Å². The Hall–Kier alpha value is 0.0569. The number of rotatable bonds is 10. The van der Waals surface area contributed by atoms with Crippen LogP contribution < -0.4 is 0 Å². The van der Waals surface area contributed by atoms with Crippen molar-refractivity contribution in [2.45, 2.75) is 58.6 Å². The molecule has 0 bridgehead atoms. The summed E-state index contributed by atoms with van der Waals surface area (Å²) in [6.07, 6.45) is 2.02. The SMILES string of the molecule is CCCO[Si](C)(CC)OC(CC)OCC1CO1. The van der Waals surface area contributed by atoms with E-state index in [-0.39, 0.29) is 6.29 Å². The van der Waals surface area contributed by atoms with Crippen LogP contribution in [-0.2, 0) is 18.3 Å². The van der Waals surface area contributed by atoms with Crippen LogP contribution in [0.4, 0.5) is 0 Å². The lowest BCUT2D eigenvalue weighted by atomic mass is 10.4. The molecule has 0 aromatic rings. The molecule has 0 amide bonds. The molecule has 1 saturated heterocycles. The zero-order valence-electron chi connectivity index (χ0n) is 11.5. The largest absolute Gasteiger partial charge is 0.394 e. The molecule has 1 fully saturated rings. The fourth-order valence-corrected chi connectivity index (χ4v) is 3.30. The quantitative estimate of drug-likeness (QED) is 0.345. The standard InChI is InChI=1S/C12H26O4Si/c1-5-8-15-17(4,7-3)16-12(6-2)14-10-11-9-13-11/h11-12H,5-10H2,1-4H3. The van der Waals surface area contributed by atoms with E-state index in [4.69, 9.17) is 18.3 Å². The summed E-state index contributed by atoms with van der Waals surface area (Å²) >= 11 is 0. The molecule has 0 radical (unpaired) electrons. The second kappa shape index (κ2) is 7.48. The Labute approximate surface area is 106 Å². The molecule has 4 nitrogen and oxygen atoms in total. The van der Waals surface area contributed by atoms with E-state index in [1.807, 2.05) is 0 Å². The minimum atomic E-state index is -2.05. The van der Waals surface area contributed by atoms with Gasteiger partial charge in [-0.1, -0.05) is 20.8 Å². The summed E-state index contributed by atoms with van der Waals surface area (Å²) in [5.41, 5.74) is 0. The highest BCUT2D eigenvalue weighted by Crippen LogP contribution is 2.19. The first-order chi connectivity index (χ1) is 8.13. The van der Waals surface area contributed by atoms with Crippen LogP contribution in [0.15, 0.2) is 0 Å². The molecule has 0 spiro atoms. The molecule has 1 aliphatic heterocycles. The first-order valence-electron chi connectivity index (χ1n) is 6.68. The van der Waals surface area contributed by atoms with Gasteiger partial charge in [-0.15, -0.1) is 0 Å². The van der Waals surface area contributed by atoms with Gasteiger partial charge in [-0.3, -0.25) is 0 Å². The van der Waals surface area contributed by atoms with E-state index in [1.54, 1.807) is 0 Å². The summed E-state index contributed by atoms with van der Waals surface area (Å²) in [5.74, 6) is 0. The predicted octanol–water partition coefficient (Wildman–Crippen LogP) is 2.67. The highest BCUT2D eigenvalue weighted by Gasteiger charge is 2.33. The third kappa shape index (κ3) is 5.97. The minimum Gasteiger partial charge on any atom is -0.394 e. The Morgan fingerprint density at radius 2 is 2.06 bits per heavy atom. The van der Waals surface area contributed by atoms with Gasteiger partial charge in [0.25, 0.3) is 0 Å². The summed E-state index contributed by atoms with van der Waals surface area (Å²) < 4.78 is 22.8. The minimum absolute atomic E-state index is 0.146. The maximum Gasteiger partial charge on any atom is 0.336 e. The molecule has 1 aliphatic rings. The van der Waals surface area contributed by atoms with Gasteiger partial charge >= 0.3 is 8.56 Å². The molecular formula is C12H26O4Si. The zero-order chi connectivity index (χ0) is 12.7. The average Bonchev–Trinajstić information content (AvgIpc) is 3.16. The van der Waals surface area contributed by atoms with Gasteiger partial charge < -0.3 is 18.3 Å². The van der Waals surface area contributed by atoms with Gasteiger partial charge in [0, 0.05) is 6.61 Å². The Morgan fingerprint density at radius 1 is 1.35 bits per heavy atom. The number of epoxide rings is 1. The molecule has 102 valence electrons. The predicted molar refractivity (Wildman–Crippen MR) is 69.2 cm³/mol. The topological polar surface area (TPSA) is 40.2 Å². The zero-order valence-corrected chi connectivity index (χ0v) is 12.5. The summed E-state index contributed by atoms with van der Waals surface area (Å²) in [7, 11) is -2.05. The molecule has 1 heterocycles. The lowest BCUT2D eigenvalue weighted by Crippen LogP contribution is -2.42. The summed E-state index contributed by atoms with van der Waals surface area (Å²) in [6, 6.07) is 0.951. The Bertz CT molecular complexity index is 211. The van der Waals surface area contributed by atoms with Crippen molar-refractivity contribution in [2.75, 3.05) is 19.8 Å². The van der Waals surface area contributed by atoms with Crippen LogP contribution in [0.5, 0.6) is 0 Å². The first-order valence-corrected chi connectivity index (χ1v) is 9.20. The van der Waals surface area contributed by atoms with Gasteiger partial charge in [0.05, 0.1) is 13.2 Å². The van der Waals surface area contributed by atoms with E-state index < -0.39 is 8.56 Å². The van der Waals surface area contributed by atoms with E-state index in [1.165, 1.54) is 0 Å². The van der Waals surface area contributed by atoms with E-state index in [9.17, 15) is 0 Å². The van der Waals surface area contributed by atoms with Crippen LogP contribution >= 0.6 is 0 Å². The van der Waals surface area contributed by atoms with Crippen LogP contribution in [0.3, 0.4) is 0 Å². The molecular weight excluding hydrogens is 236 g/mol. The Balaban J connectivity index is 2.32. The van der Waals surface area contributed by atoms with Crippen molar-refractivity contribution >= 4 is 8.56 Å². The van der Waals surface area contributed by atoms with Gasteiger partial charge in [0.2, 0.25) is 0 Å². The van der Waals surface area contributed by atoms with Crippen molar-refractivity contribution in [1.29, 1.82) is 0 Å². The van der Waals surface area contributed by atoms with Gasteiger partial charge in [-0.25, -0.2) is 0 Å². The van der Waals surface area contributed by atoms with Crippen molar-refractivity contribution in [2.24, 2.45) is 0 Å². The van der Waals surface area contributed by atoms with Crippen molar-refractivity contribution in [3.63, 3.8) is 0 Å². The van der Waals surface area contributed by atoms with Gasteiger partial charge in [-0.05, 0) is 25.4 Å². The van der Waals surface area contributed by atoms with Crippen LogP contribution in [0.1, 0.15) is 33.6 Å². The van der Waals surface area contributed by atoms with E-state index >= 15 is 0 Å². The summed E-state index contributed by atoms with van der Waals surface area (Å²) in [5, 5.41) is 0. The molecule has 0 N–H and O–H groups in total. The van der Waals surface area contributed by atoms with Gasteiger partial charge in [0.1, 0.15) is 12.4 Å². The third-order valence-corrected chi connectivity index (χ3v) is 5.70. The van der Waals surface area contributed by atoms with Crippen LogP contribution in [0, 0.1) is 0 Å². The van der Waals surface area contributed by atoms with Crippen LogP contribution in [0.2, 0.25) is 12.6 Å². The van der Waals surface area contributed by atoms with Gasteiger partial charge in [0.15, 0.2) is 0 Å². The van der Waals surface area contributed by atoms with Gasteiger partial charge in [-0.2, -0.15) is 0 Å². The molecule has 0 aromatic heterocycles. The normalized spacial score (nSPS) is 24.4. The Morgan fingerprint density at radius 3 is 2.53 bits per heavy atom. The molecule has 0 saturated carbocycles. The van der Waals surface area contributed by atoms with Crippen LogP contribution in [0.25, 0.3) is 0 Å². The highest BCUT2D eigenvalue weighted by atomic mass is 28.4. The molecule has 3 unspecified atom stereocenters. The fraction of sp³-hybridized carbons (Fsp3) is 1.00. The highest BCUT2D eigenvalue weighted by molar-refractivity contribution is 6.65. The number of hydrogen-bond donors (Lipinski definition) is 0. The molecule has 0 aliphatic carbocycles. The second-order valence-corrected chi connectivity index (χ2v) is 8.08. The number of hydrogen-bond acceptors (Lipinski definition) is 4. The van der Waals surface area contributed by atoms with Crippen molar-refractivity contribution in [3.05, 3.63) is 0 Å². The van der Waals surface area contributed by atoms with E-state index in [0.717, 1.165) is 32.1 Å². The monoisotopic (exact) mass is 262 g/mol. The third-order valence-electron chi connectivity index (χ3n) is 2.84. The maximum atomic E-state index is 6.06.